The Hall–Kier alpha value is -2.64. The molecule has 1 amide bonds. The molecule has 0 unspecified atom stereocenters. The molecular weight excluding hydrogens is 332 g/mol. The second kappa shape index (κ2) is 8.16. The van der Waals surface area contributed by atoms with Gasteiger partial charge in [-0.1, -0.05) is 5.16 Å². The number of aromatic nitrogens is 3. The summed E-state index contributed by atoms with van der Waals surface area (Å²) in [4.78, 5) is 23.3. The molecule has 8 nitrogen and oxygen atoms in total. The van der Waals surface area contributed by atoms with Gasteiger partial charge in [0, 0.05) is 37.8 Å². The van der Waals surface area contributed by atoms with Gasteiger partial charge in [0.25, 0.3) is 0 Å². The molecule has 0 aromatic carbocycles. The lowest BCUT2D eigenvalue weighted by atomic mass is 10.1. The SMILES string of the molecule is Cc1nc(NCCNC(=O)Cc2c(C)noc2C)cc(N2CCCC2)n1. The van der Waals surface area contributed by atoms with E-state index in [1.807, 2.05) is 26.8 Å². The minimum atomic E-state index is -0.0437. The van der Waals surface area contributed by atoms with E-state index in [1.54, 1.807) is 0 Å². The van der Waals surface area contributed by atoms with Crippen molar-refractivity contribution in [3.8, 4) is 0 Å². The number of hydrogen-bond donors (Lipinski definition) is 2. The molecule has 1 saturated heterocycles. The van der Waals surface area contributed by atoms with E-state index in [1.165, 1.54) is 12.8 Å². The molecule has 2 N–H and O–H groups in total. The van der Waals surface area contributed by atoms with Crippen LogP contribution in [0.5, 0.6) is 0 Å². The zero-order chi connectivity index (χ0) is 18.5. The van der Waals surface area contributed by atoms with Gasteiger partial charge in [-0.25, -0.2) is 9.97 Å². The molecule has 26 heavy (non-hydrogen) atoms. The van der Waals surface area contributed by atoms with Gasteiger partial charge in [-0.3, -0.25) is 4.79 Å². The predicted octanol–water partition coefficient (Wildman–Crippen LogP) is 1.76. The minimum absolute atomic E-state index is 0.0437. The third-order valence-electron chi connectivity index (χ3n) is 4.53. The summed E-state index contributed by atoms with van der Waals surface area (Å²) >= 11 is 0. The van der Waals surface area contributed by atoms with Crippen molar-refractivity contribution < 1.29 is 9.32 Å². The summed E-state index contributed by atoms with van der Waals surface area (Å²) in [6.45, 7) is 8.78. The molecule has 3 heterocycles. The number of aryl methyl sites for hydroxylation is 3. The van der Waals surface area contributed by atoms with Gasteiger partial charge in [-0.2, -0.15) is 0 Å². The van der Waals surface area contributed by atoms with Crippen LogP contribution in [0, 0.1) is 20.8 Å². The third kappa shape index (κ3) is 4.50. The minimum Gasteiger partial charge on any atom is -0.368 e. The van der Waals surface area contributed by atoms with Crippen LogP contribution < -0.4 is 15.5 Å². The molecule has 1 aliphatic rings. The monoisotopic (exact) mass is 358 g/mol. The lowest BCUT2D eigenvalue weighted by molar-refractivity contribution is -0.120. The van der Waals surface area contributed by atoms with Gasteiger partial charge in [0.1, 0.15) is 23.2 Å². The molecule has 3 rings (SSSR count). The molecule has 0 radical (unpaired) electrons. The van der Waals surface area contributed by atoms with Crippen LogP contribution in [-0.2, 0) is 11.2 Å². The van der Waals surface area contributed by atoms with Crippen molar-refractivity contribution in [3.05, 3.63) is 28.9 Å². The molecule has 0 aliphatic carbocycles. The quantitative estimate of drug-likeness (QED) is 0.728. The summed E-state index contributed by atoms with van der Waals surface area (Å²) in [7, 11) is 0. The Bertz CT molecular complexity index is 748. The first-order chi connectivity index (χ1) is 12.5. The fourth-order valence-electron chi connectivity index (χ4n) is 3.12. The van der Waals surface area contributed by atoms with E-state index < -0.39 is 0 Å². The first-order valence-corrected chi connectivity index (χ1v) is 9.06. The fourth-order valence-corrected chi connectivity index (χ4v) is 3.12. The molecule has 2 aromatic heterocycles. The Morgan fingerprint density at radius 3 is 2.65 bits per heavy atom. The van der Waals surface area contributed by atoms with E-state index in [0.29, 0.717) is 18.8 Å². The number of hydrogen-bond acceptors (Lipinski definition) is 7. The maximum absolute atomic E-state index is 12.1. The smallest absolute Gasteiger partial charge is 0.224 e. The molecule has 0 bridgehead atoms. The van der Waals surface area contributed by atoms with Gasteiger partial charge >= 0.3 is 0 Å². The highest BCUT2D eigenvalue weighted by molar-refractivity contribution is 5.79. The van der Waals surface area contributed by atoms with Gasteiger partial charge in [0.15, 0.2) is 0 Å². The highest BCUT2D eigenvalue weighted by Crippen LogP contribution is 2.20. The number of amides is 1. The van der Waals surface area contributed by atoms with Crippen molar-refractivity contribution in [3.63, 3.8) is 0 Å². The van der Waals surface area contributed by atoms with Crippen molar-refractivity contribution in [1.29, 1.82) is 0 Å². The first kappa shape index (κ1) is 18.2. The van der Waals surface area contributed by atoms with E-state index >= 15 is 0 Å². The maximum Gasteiger partial charge on any atom is 0.224 e. The van der Waals surface area contributed by atoms with Gasteiger partial charge in [0.05, 0.1) is 12.1 Å². The highest BCUT2D eigenvalue weighted by atomic mass is 16.5. The largest absolute Gasteiger partial charge is 0.368 e. The molecule has 1 aliphatic heterocycles. The first-order valence-electron chi connectivity index (χ1n) is 9.06. The van der Waals surface area contributed by atoms with Crippen molar-refractivity contribution >= 4 is 17.5 Å². The highest BCUT2D eigenvalue weighted by Gasteiger charge is 2.15. The zero-order valence-electron chi connectivity index (χ0n) is 15.6. The number of rotatable bonds is 7. The molecule has 0 spiro atoms. The maximum atomic E-state index is 12.1. The van der Waals surface area contributed by atoms with Crippen LogP contribution in [0.1, 0.15) is 35.7 Å². The molecular formula is C18H26N6O2. The van der Waals surface area contributed by atoms with Crippen LogP contribution in [0.25, 0.3) is 0 Å². The van der Waals surface area contributed by atoms with Crippen LogP contribution in [0.2, 0.25) is 0 Å². The Morgan fingerprint density at radius 1 is 1.19 bits per heavy atom. The lowest BCUT2D eigenvalue weighted by Crippen LogP contribution is -2.30. The van der Waals surface area contributed by atoms with Crippen LogP contribution in [0.3, 0.4) is 0 Å². The topological polar surface area (TPSA) is 96.2 Å². The average molecular weight is 358 g/mol. The summed E-state index contributed by atoms with van der Waals surface area (Å²) in [6, 6.07) is 1.98. The molecule has 140 valence electrons. The number of anilines is 2. The van der Waals surface area contributed by atoms with Crippen LogP contribution in [0.15, 0.2) is 10.6 Å². The number of nitrogens with one attached hydrogen (secondary N) is 2. The lowest BCUT2D eigenvalue weighted by Gasteiger charge is -2.17. The van der Waals surface area contributed by atoms with Gasteiger partial charge in [0.2, 0.25) is 5.91 Å². The summed E-state index contributed by atoms with van der Waals surface area (Å²) in [6.07, 6.45) is 2.71. The standard InChI is InChI=1S/C18H26N6O2/c1-12-15(13(2)26-23-12)10-18(25)20-7-6-19-16-11-17(22-14(3)21-16)24-8-4-5-9-24/h11H,4-10H2,1-3H3,(H,20,25)(H,19,21,22). The summed E-state index contributed by atoms with van der Waals surface area (Å²) in [5.41, 5.74) is 1.62. The van der Waals surface area contributed by atoms with E-state index in [-0.39, 0.29) is 12.3 Å². The Morgan fingerprint density at radius 2 is 1.96 bits per heavy atom. The van der Waals surface area contributed by atoms with Crippen LogP contribution in [-0.4, -0.2) is 47.2 Å². The van der Waals surface area contributed by atoms with Crippen molar-refractivity contribution in [2.45, 2.75) is 40.0 Å². The van der Waals surface area contributed by atoms with Gasteiger partial charge < -0.3 is 20.1 Å². The number of nitrogens with zero attached hydrogens (tertiary/aromatic N) is 4. The Balaban J connectivity index is 1.46. The predicted molar refractivity (Wildman–Crippen MR) is 99.4 cm³/mol. The number of carbonyl (C=O) groups excluding carboxylic acids is 1. The third-order valence-corrected chi connectivity index (χ3v) is 4.53. The number of carbonyl (C=O) groups is 1. The fraction of sp³-hybridized carbons (Fsp3) is 0.556. The molecule has 2 aromatic rings. The second-order valence-electron chi connectivity index (χ2n) is 6.61. The van der Waals surface area contributed by atoms with E-state index in [2.05, 4.69) is 30.7 Å². The van der Waals surface area contributed by atoms with E-state index in [0.717, 1.165) is 41.8 Å². The Labute approximate surface area is 153 Å². The van der Waals surface area contributed by atoms with Crippen molar-refractivity contribution in [2.75, 3.05) is 36.4 Å². The summed E-state index contributed by atoms with van der Waals surface area (Å²) in [5.74, 6) is 3.16. The van der Waals surface area contributed by atoms with Crippen LogP contribution >= 0.6 is 0 Å². The summed E-state index contributed by atoms with van der Waals surface area (Å²) in [5, 5.41) is 10.0. The Kier molecular flexibility index (Phi) is 5.70. The van der Waals surface area contributed by atoms with E-state index in [9.17, 15) is 4.79 Å². The van der Waals surface area contributed by atoms with Gasteiger partial charge in [-0.15, -0.1) is 0 Å². The van der Waals surface area contributed by atoms with Crippen molar-refractivity contribution in [2.24, 2.45) is 0 Å². The van der Waals surface area contributed by atoms with Crippen LogP contribution in [0.4, 0.5) is 11.6 Å². The summed E-state index contributed by atoms with van der Waals surface area (Å²) < 4.78 is 5.08. The zero-order valence-corrected chi connectivity index (χ0v) is 15.6. The average Bonchev–Trinajstić information content (AvgIpc) is 3.24. The van der Waals surface area contributed by atoms with Gasteiger partial charge in [-0.05, 0) is 33.6 Å². The second-order valence-corrected chi connectivity index (χ2v) is 6.61. The van der Waals surface area contributed by atoms with Crippen molar-refractivity contribution in [1.82, 2.24) is 20.4 Å². The molecule has 0 atom stereocenters. The normalized spacial score (nSPS) is 13.9. The molecule has 8 heteroatoms. The molecule has 1 fully saturated rings. The van der Waals surface area contributed by atoms with E-state index in [4.69, 9.17) is 4.52 Å². The molecule has 0 saturated carbocycles.